The molecule has 0 unspecified atom stereocenters. The van der Waals surface area contributed by atoms with Crippen LogP contribution >= 0.6 is 0 Å². The number of hydrogen-bond donors (Lipinski definition) is 3. The highest BCUT2D eigenvalue weighted by atomic mass is 16.6. The van der Waals surface area contributed by atoms with E-state index in [1.807, 2.05) is 0 Å². The maximum absolute atomic E-state index is 11.0. The Morgan fingerprint density at radius 2 is 1.96 bits per heavy atom. The van der Waals surface area contributed by atoms with Crippen LogP contribution < -0.4 is 5.32 Å². The molecule has 9 nitrogen and oxygen atoms in total. The van der Waals surface area contributed by atoms with E-state index < -0.39 is 10.9 Å². The van der Waals surface area contributed by atoms with Crippen molar-refractivity contribution in [2.75, 3.05) is 5.32 Å². The molecule has 0 fully saturated rings. The molecule has 0 spiro atoms. The minimum atomic E-state index is -1.08. The van der Waals surface area contributed by atoms with Crippen LogP contribution in [0.15, 0.2) is 42.7 Å². The third-order valence-electron chi connectivity index (χ3n) is 3.33. The fourth-order valence-corrected chi connectivity index (χ4v) is 2.15. The monoisotopic (exact) mass is 326 g/mol. The Kier molecular flexibility index (Phi) is 3.66. The van der Waals surface area contributed by atoms with Crippen molar-refractivity contribution in [3.05, 3.63) is 58.4 Å². The summed E-state index contributed by atoms with van der Waals surface area (Å²) in [6.45, 7) is 0. The van der Waals surface area contributed by atoms with E-state index in [1.165, 1.54) is 42.7 Å². The highest BCUT2D eigenvalue weighted by molar-refractivity contribution is 5.97. The molecule has 3 N–H and O–H groups in total. The van der Waals surface area contributed by atoms with Gasteiger partial charge in [-0.05, 0) is 24.3 Å². The molecule has 120 valence electrons. The van der Waals surface area contributed by atoms with Crippen molar-refractivity contribution in [1.29, 1.82) is 0 Å². The second-order valence-electron chi connectivity index (χ2n) is 4.84. The highest BCUT2D eigenvalue weighted by Crippen LogP contribution is 2.32. The number of nitrogens with one attached hydrogen (secondary N) is 1. The Labute approximate surface area is 134 Å². The Bertz CT molecular complexity index is 973. The van der Waals surface area contributed by atoms with Crippen LogP contribution in [0.5, 0.6) is 5.75 Å². The molecule has 3 aromatic rings. The van der Waals surface area contributed by atoms with Gasteiger partial charge in [0.1, 0.15) is 17.9 Å². The van der Waals surface area contributed by atoms with E-state index in [1.54, 1.807) is 0 Å². The minimum absolute atomic E-state index is 0.0744. The summed E-state index contributed by atoms with van der Waals surface area (Å²) in [5.74, 6) is -0.983. The van der Waals surface area contributed by atoms with Crippen molar-refractivity contribution in [3.8, 4) is 5.75 Å². The fraction of sp³-hybridized carbons (Fsp3) is 0. The molecule has 0 saturated carbocycles. The number of non-ortho nitro benzene ring substituents is 1. The second-order valence-corrected chi connectivity index (χ2v) is 4.84. The molecule has 0 radical (unpaired) electrons. The van der Waals surface area contributed by atoms with E-state index in [9.17, 15) is 20.0 Å². The number of aromatic hydroxyl groups is 1. The molecule has 1 aromatic heterocycles. The highest BCUT2D eigenvalue weighted by Gasteiger charge is 2.13. The SMILES string of the molecule is O=C(O)c1ccc2c(Nc3cc([N+](=O)[O-])ccc3O)ncnc2c1. The number of carbonyl (C=O) groups is 1. The third kappa shape index (κ3) is 2.77. The van der Waals surface area contributed by atoms with Crippen molar-refractivity contribution < 1.29 is 19.9 Å². The van der Waals surface area contributed by atoms with E-state index in [0.29, 0.717) is 10.9 Å². The quantitative estimate of drug-likeness (QED) is 0.378. The maximum Gasteiger partial charge on any atom is 0.335 e. The Morgan fingerprint density at radius 3 is 2.67 bits per heavy atom. The van der Waals surface area contributed by atoms with Gasteiger partial charge in [-0.1, -0.05) is 0 Å². The zero-order chi connectivity index (χ0) is 17.3. The van der Waals surface area contributed by atoms with Crippen molar-refractivity contribution >= 4 is 34.1 Å². The number of phenols is 1. The largest absolute Gasteiger partial charge is 0.506 e. The van der Waals surface area contributed by atoms with Gasteiger partial charge >= 0.3 is 5.97 Å². The number of aromatic nitrogens is 2. The van der Waals surface area contributed by atoms with Crippen molar-refractivity contribution in [1.82, 2.24) is 9.97 Å². The van der Waals surface area contributed by atoms with Gasteiger partial charge in [-0.25, -0.2) is 14.8 Å². The third-order valence-corrected chi connectivity index (χ3v) is 3.33. The Hall–Kier alpha value is -3.75. The van der Waals surface area contributed by atoms with Gasteiger partial charge in [0.15, 0.2) is 0 Å². The summed E-state index contributed by atoms with van der Waals surface area (Å²) in [7, 11) is 0. The summed E-state index contributed by atoms with van der Waals surface area (Å²) in [6.07, 6.45) is 1.23. The lowest BCUT2D eigenvalue weighted by molar-refractivity contribution is -0.384. The standard InChI is InChI=1S/C15H10N4O5/c20-13-4-2-9(19(23)24)6-12(13)18-14-10-3-1-8(15(21)22)5-11(10)16-7-17-14/h1-7,20H,(H,21,22)(H,16,17,18). The van der Waals surface area contributed by atoms with Gasteiger partial charge in [0.25, 0.3) is 5.69 Å². The van der Waals surface area contributed by atoms with Gasteiger partial charge in [-0.15, -0.1) is 0 Å². The Morgan fingerprint density at radius 1 is 1.17 bits per heavy atom. The fourth-order valence-electron chi connectivity index (χ4n) is 2.15. The number of nitro benzene ring substituents is 1. The van der Waals surface area contributed by atoms with Crippen LogP contribution in [0.1, 0.15) is 10.4 Å². The molecular formula is C15H10N4O5. The topological polar surface area (TPSA) is 138 Å². The molecule has 0 saturated heterocycles. The molecule has 0 amide bonds. The van der Waals surface area contributed by atoms with Gasteiger partial charge in [0, 0.05) is 17.5 Å². The number of phenolic OH excluding ortho intramolecular Hbond substituents is 1. The van der Waals surface area contributed by atoms with Crippen molar-refractivity contribution in [3.63, 3.8) is 0 Å². The van der Waals surface area contributed by atoms with Crippen molar-refractivity contribution in [2.45, 2.75) is 0 Å². The number of anilines is 2. The number of benzene rings is 2. The molecule has 1 heterocycles. The van der Waals surface area contributed by atoms with Gasteiger partial charge in [0.05, 0.1) is 21.7 Å². The smallest absolute Gasteiger partial charge is 0.335 e. The number of fused-ring (bicyclic) bond motifs is 1. The number of carboxylic acid groups (broad SMARTS) is 1. The number of rotatable bonds is 4. The zero-order valence-electron chi connectivity index (χ0n) is 12.0. The summed E-state index contributed by atoms with van der Waals surface area (Å²) in [6, 6.07) is 7.86. The molecule has 0 aliphatic rings. The summed E-state index contributed by atoms with van der Waals surface area (Å²) < 4.78 is 0. The molecular weight excluding hydrogens is 316 g/mol. The van der Waals surface area contributed by atoms with E-state index >= 15 is 0 Å². The first kappa shape index (κ1) is 15.2. The van der Waals surface area contributed by atoms with E-state index in [2.05, 4.69) is 15.3 Å². The average Bonchev–Trinajstić information content (AvgIpc) is 2.56. The number of nitro groups is 1. The van der Waals surface area contributed by atoms with Gasteiger partial charge < -0.3 is 15.5 Å². The Balaban J connectivity index is 2.06. The van der Waals surface area contributed by atoms with Gasteiger partial charge in [-0.3, -0.25) is 10.1 Å². The van der Waals surface area contributed by atoms with E-state index in [4.69, 9.17) is 5.11 Å². The maximum atomic E-state index is 11.0. The van der Waals surface area contributed by atoms with Crippen LogP contribution in [0.4, 0.5) is 17.2 Å². The number of carboxylic acids is 1. The molecule has 2 aromatic carbocycles. The van der Waals surface area contributed by atoms with Gasteiger partial charge in [-0.2, -0.15) is 0 Å². The van der Waals surface area contributed by atoms with Crippen LogP contribution in [0.25, 0.3) is 10.9 Å². The second kappa shape index (κ2) is 5.80. The summed E-state index contributed by atoms with van der Waals surface area (Å²) >= 11 is 0. The molecule has 9 heteroatoms. The first-order valence-electron chi connectivity index (χ1n) is 6.68. The normalized spacial score (nSPS) is 10.5. The molecule has 0 aliphatic carbocycles. The van der Waals surface area contributed by atoms with Crippen LogP contribution in [-0.2, 0) is 0 Å². The van der Waals surface area contributed by atoms with Crippen LogP contribution in [-0.4, -0.2) is 31.1 Å². The summed E-state index contributed by atoms with van der Waals surface area (Å²) in [4.78, 5) is 29.3. The predicted octanol–water partition coefficient (Wildman–Crippen LogP) is 2.69. The first-order chi connectivity index (χ1) is 11.5. The molecule has 0 bridgehead atoms. The predicted molar refractivity (Wildman–Crippen MR) is 84.5 cm³/mol. The van der Waals surface area contributed by atoms with Crippen molar-refractivity contribution in [2.24, 2.45) is 0 Å². The molecule has 0 atom stereocenters. The summed E-state index contributed by atoms with van der Waals surface area (Å²) in [5.41, 5.74) is 0.371. The van der Waals surface area contributed by atoms with Crippen LogP contribution in [0.2, 0.25) is 0 Å². The lowest BCUT2D eigenvalue weighted by atomic mass is 10.1. The first-order valence-corrected chi connectivity index (χ1v) is 6.68. The van der Waals surface area contributed by atoms with Gasteiger partial charge in [0.2, 0.25) is 0 Å². The molecule has 0 aliphatic heterocycles. The minimum Gasteiger partial charge on any atom is -0.506 e. The van der Waals surface area contributed by atoms with Crippen LogP contribution in [0, 0.1) is 10.1 Å². The van der Waals surface area contributed by atoms with E-state index in [-0.39, 0.29) is 28.5 Å². The lowest BCUT2D eigenvalue weighted by Gasteiger charge is -2.10. The average molecular weight is 326 g/mol. The number of nitrogens with zero attached hydrogens (tertiary/aromatic N) is 3. The van der Waals surface area contributed by atoms with E-state index in [0.717, 1.165) is 0 Å². The molecule has 24 heavy (non-hydrogen) atoms. The molecule has 3 rings (SSSR count). The number of hydrogen-bond acceptors (Lipinski definition) is 7. The zero-order valence-corrected chi connectivity index (χ0v) is 12.0. The van der Waals surface area contributed by atoms with Crippen LogP contribution in [0.3, 0.4) is 0 Å². The summed E-state index contributed by atoms with van der Waals surface area (Å²) in [5, 5.41) is 33.0. The number of aromatic carboxylic acids is 1. The lowest BCUT2D eigenvalue weighted by Crippen LogP contribution is -2.00.